The van der Waals surface area contributed by atoms with Gasteiger partial charge in [0, 0.05) is 11.1 Å². The van der Waals surface area contributed by atoms with Gasteiger partial charge in [-0.15, -0.1) is 0 Å². The number of rotatable bonds is 6. The molecule has 11 heteroatoms. The molecular weight excluding hydrogens is 468 g/mol. The Morgan fingerprint density at radius 1 is 0.889 bits per heavy atom. The van der Waals surface area contributed by atoms with Gasteiger partial charge in [-0.2, -0.15) is 0 Å². The number of pyridine rings is 2. The molecule has 36 heavy (non-hydrogen) atoms. The summed E-state index contributed by atoms with van der Waals surface area (Å²) >= 11 is 0. The van der Waals surface area contributed by atoms with E-state index in [-0.39, 0.29) is 62.5 Å². The van der Waals surface area contributed by atoms with Crippen molar-refractivity contribution in [1.29, 1.82) is 0 Å². The van der Waals surface area contributed by atoms with Crippen LogP contribution in [0.4, 0.5) is 5.69 Å². The van der Waals surface area contributed by atoms with Crippen LogP contribution in [0.1, 0.15) is 36.9 Å². The van der Waals surface area contributed by atoms with E-state index >= 15 is 0 Å². The van der Waals surface area contributed by atoms with E-state index in [1.54, 1.807) is 19.1 Å². The molecule has 1 aliphatic rings. The van der Waals surface area contributed by atoms with Crippen molar-refractivity contribution < 1.29 is 33.7 Å². The predicted octanol–water partition coefficient (Wildman–Crippen LogP) is 2.43. The molecule has 184 valence electrons. The Morgan fingerprint density at radius 2 is 1.58 bits per heavy atom. The lowest BCUT2D eigenvalue weighted by molar-refractivity contribution is 0.0902. The highest BCUT2D eigenvalue weighted by Crippen LogP contribution is 2.47. The Hall–Kier alpha value is -4.93. The number of ether oxygens (including phenoxy) is 3. The fourth-order valence-corrected chi connectivity index (χ4v) is 4.11. The lowest BCUT2D eigenvalue weighted by Gasteiger charge is -2.20. The maximum absolute atomic E-state index is 12.8. The number of methoxy groups -OCH3 is 3. The maximum atomic E-state index is 12.8. The quantitative estimate of drug-likeness (QED) is 0.432. The van der Waals surface area contributed by atoms with Crippen LogP contribution in [-0.2, 0) is 4.74 Å². The number of Topliss-reactive ketones (excluding diaryl/α,β-unsaturated/α-hetero) is 2. The first-order chi connectivity index (χ1) is 17.2. The van der Waals surface area contributed by atoms with Crippen LogP contribution in [0.3, 0.4) is 0 Å². The minimum atomic E-state index is -0.692. The van der Waals surface area contributed by atoms with Crippen LogP contribution >= 0.6 is 0 Å². The van der Waals surface area contributed by atoms with Crippen molar-refractivity contribution in [2.75, 3.05) is 27.1 Å². The number of carbonyl (C=O) groups is 3. The molecule has 0 fully saturated rings. The average Bonchev–Trinajstić information content (AvgIpc) is 2.88. The fraction of sp³-hybridized carbons (Fsp3) is 0.160. The molecule has 0 bridgehead atoms. The van der Waals surface area contributed by atoms with E-state index in [0.29, 0.717) is 23.2 Å². The van der Waals surface area contributed by atoms with Crippen molar-refractivity contribution in [2.24, 2.45) is 5.73 Å². The summed E-state index contributed by atoms with van der Waals surface area (Å²) < 4.78 is 15.5. The van der Waals surface area contributed by atoms with E-state index in [0.717, 1.165) is 0 Å². The number of hydrogen-bond acceptors (Lipinski definition) is 11. The molecule has 1 aliphatic carbocycles. The van der Waals surface area contributed by atoms with Crippen molar-refractivity contribution in [3.05, 3.63) is 58.2 Å². The molecule has 0 amide bonds. The first-order valence-corrected chi connectivity index (χ1v) is 10.5. The second kappa shape index (κ2) is 9.02. The van der Waals surface area contributed by atoms with E-state index < -0.39 is 11.6 Å². The van der Waals surface area contributed by atoms with Crippen LogP contribution in [0.15, 0.2) is 35.7 Å². The molecule has 1 aromatic carbocycles. The van der Waals surface area contributed by atoms with Crippen LogP contribution in [-0.4, -0.2) is 54.3 Å². The van der Waals surface area contributed by atoms with Crippen LogP contribution in [0.2, 0.25) is 0 Å². The number of aromatic nitrogens is 2. The number of benzene rings is 1. The van der Waals surface area contributed by atoms with Gasteiger partial charge >= 0.3 is 0 Å². The molecule has 11 nitrogen and oxygen atoms in total. The van der Waals surface area contributed by atoms with Gasteiger partial charge in [0.2, 0.25) is 17.3 Å². The lowest BCUT2D eigenvalue weighted by Crippen LogP contribution is -2.28. The summed E-state index contributed by atoms with van der Waals surface area (Å²) in [5, 5.41) is 10.9. The molecule has 0 saturated heterocycles. The van der Waals surface area contributed by atoms with E-state index in [4.69, 9.17) is 25.7 Å². The number of phenols is 1. The molecule has 0 atom stereocenters. The van der Waals surface area contributed by atoms with Crippen LogP contribution in [0, 0.1) is 6.92 Å². The lowest BCUT2D eigenvalue weighted by atomic mass is 9.93. The number of carbonyl (C=O) groups excluding carboxylic acids is 3. The monoisotopic (exact) mass is 490 g/mol. The zero-order chi connectivity index (χ0) is 26.3. The largest absolute Gasteiger partial charge is 0.504 e. The molecule has 3 aromatic rings. The number of anilines is 1. The number of aromatic hydroxyl groups is 1. The minimum Gasteiger partial charge on any atom is -0.504 e. The molecular formula is C25H22N4O7. The number of ketones is 2. The molecule has 0 radical (unpaired) electrons. The van der Waals surface area contributed by atoms with Crippen molar-refractivity contribution in [1.82, 2.24) is 9.97 Å². The second-order valence-electron chi connectivity index (χ2n) is 7.77. The summed E-state index contributed by atoms with van der Waals surface area (Å²) in [7, 11) is 4.04. The number of nitrogens with zero attached hydrogens (tertiary/aromatic N) is 2. The summed E-state index contributed by atoms with van der Waals surface area (Å²) in [5.74, 6) is -1.43. The highest BCUT2D eigenvalue weighted by molar-refractivity contribution is 6.25. The third kappa shape index (κ3) is 3.49. The van der Waals surface area contributed by atoms with Gasteiger partial charge in [-0.25, -0.2) is 9.97 Å². The van der Waals surface area contributed by atoms with Gasteiger partial charge in [-0.1, -0.05) is 0 Å². The number of fused-ring (bicyclic) bond motifs is 1. The van der Waals surface area contributed by atoms with Crippen LogP contribution in [0.25, 0.3) is 22.5 Å². The molecule has 5 N–H and O–H groups in total. The summed E-state index contributed by atoms with van der Waals surface area (Å²) in [6.45, 7) is 1.63. The summed E-state index contributed by atoms with van der Waals surface area (Å²) in [6.07, 6.45) is 0.540. The van der Waals surface area contributed by atoms with Crippen molar-refractivity contribution in [2.45, 2.75) is 6.92 Å². The van der Waals surface area contributed by atoms with Crippen LogP contribution in [0.5, 0.6) is 17.2 Å². The Balaban J connectivity index is 1.98. The highest BCUT2D eigenvalue weighted by Gasteiger charge is 2.34. The number of nitrogens with two attached hydrogens (primary N) is 2. The molecule has 0 unspecified atom stereocenters. The standard InChI is InChI=1S/C25H22N4O7/c1-10-14(9-30)29-20(17(26)16(10)11-6-8-15(34-2)24(35-3)21(11)31)13-7-5-12-19(28-13)23(33)18(27)25(36-4)22(12)32/h5-9,31H,26-27H2,1-4H3. The van der Waals surface area contributed by atoms with Gasteiger partial charge < -0.3 is 30.8 Å². The minimum absolute atomic E-state index is 0.00820. The number of nitrogen functional groups attached to an aromatic ring is 1. The summed E-state index contributed by atoms with van der Waals surface area (Å²) in [6, 6.07) is 5.98. The second-order valence-corrected chi connectivity index (χ2v) is 7.77. The molecule has 0 saturated carbocycles. The highest BCUT2D eigenvalue weighted by atomic mass is 16.5. The number of allylic oxidation sites excluding steroid dienone is 2. The Labute approximate surface area is 205 Å². The van der Waals surface area contributed by atoms with E-state index in [1.165, 1.54) is 33.5 Å². The predicted molar refractivity (Wildman–Crippen MR) is 129 cm³/mol. The van der Waals surface area contributed by atoms with Crippen molar-refractivity contribution in [3.63, 3.8) is 0 Å². The van der Waals surface area contributed by atoms with Gasteiger partial charge in [0.25, 0.3) is 0 Å². The van der Waals surface area contributed by atoms with Gasteiger partial charge in [0.1, 0.15) is 22.8 Å². The fourth-order valence-electron chi connectivity index (χ4n) is 4.11. The Bertz CT molecular complexity index is 1490. The first kappa shape index (κ1) is 24.2. The van der Waals surface area contributed by atoms with Crippen LogP contribution < -0.4 is 20.9 Å². The van der Waals surface area contributed by atoms with Gasteiger partial charge in [0.15, 0.2) is 23.5 Å². The smallest absolute Gasteiger partial charge is 0.232 e. The number of aldehydes is 1. The Morgan fingerprint density at radius 3 is 2.19 bits per heavy atom. The third-order valence-corrected chi connectivity index (χ3v) is 5.91. The van der Waals surface area contributed by atoms with Gasteiger partial charge in [-0.05, 0) is 36.8 Å². The van der Waals surface area contributed by atoms with E-state index in [9.17, 15) is 19.5 Å². The average molecular weight is 490 g/mol. The zero-order valence-corrected chi connectivity index (χ0v) is 19.8. The van der Waals surface area contributed by atoms with E-state index in [1.807, 2.05) is 0 Å². The SMILES string of the molecule is COC1=C(N)C(=O)c2nc(-c3nc(C=O)c(C)c(-c4ccc(OC)c(OC)c4O)c3N)ccc2C1=O. The van der Waals surface area contributed by atoms with E-state index in [2.05, 4.69) is 9.97 Å². The first-order valence-electron chi connectivity index (χ1n) is 10.5. The number of hydrogen-bond donors (Lipinski definition) is 3. The normalized spacial score (nSPS) is 12.9. The molecule has 2 heterocycles. The molecule has 0 aliphatic heterocycles. The summed E-state index contributed by atoms with van der Waals surface area (Å²) in [5.41, 5.74) is 13.0. The van der Waals surface area contributed by atoms with Gasteiger partial charge in [0.05, 0.1) is 38.3 Å². The number of phenolic OH excluding ortho intramolecular Hbond substituents is 1. The summed E-state index contributed by atoms with van der Waals surface area (Å²) in [4.78, 5) is 46.0. The molecule has 2 aromatic heterocycles. The molecule has 0 spiro atoms. The van der Waals surface area contributed by atoms with Crippen molar-refractivity contribution >= 4 is 23.5 Å². The Kier molecular flexibility index (Phi) is 6.07. The van der Waals surface area contributed by atoms with Crippen molar-refractivity contribution in [3.8, 4) is 39.8 Å². The van der Waals surface area contributed by atoms with Gasteiger partial charge in [-0.3, -0.25) is 14.4 Å². The molecule has 4 rings (SSSR count). The third-order valence-electron chi connectivity index (χ3n) is 5.91. The maximum Gasteiger partial charge on any atom is 0.232 e. The topological polar surface area (TPSA) is 177 Å². The zero-order valence-electron chi connectivity index (χ0n) is 19.8.